The first kappa shape index (κ1) is 18.7. The van der Waals surface area contributed by atoms with Crippen molar-refractivity contribution in [1.29, 1.82) is 5.26 Å². The molecule has 2 aromatic carbocycles. The van der Waals surface area contributed by atoms with Crippen LogP contribution in [0.3, 0.4) is 0 Å². The number of benzene rings is 2. The number of hydrogen-bond donors (Lipinski definition) is 1. The van der Waals surface area contributed by atoms with Crippen molar-refractivity contribution in [2.24, 2.45) is 0 Å². The molecule has 1 heterocycles. The van der Waals surface area contributed by atoms with Gasteiger partial charge in [-0.2, -0.15) is 5.26 Å². The fraction of sp³-hybridized carbons (Fsp3) is 0.200. The average molecular weight is 377 g/mol. The Balaban J connectivity index is 1.76. The van der Waals surface area contributed by atoms with E-state index >= 15 is 0 Å². The van der Waals surface area contributed by atoms with Crippen LogP contribution in [0, 0.1) is 11.3 Å². The van der Waals surface area contributed by atoms with Gasteiger partial charge in [-0.15, -0.1) is 10.2 Å². The second kappa shape index (κ2) is 8.52. The molecule has 3 aromatic rings. The van der Waals surface area contributed by atoms with E-state index < -0.39 is 5.25 Å². The Morgan fingerprint density at radius 3 is 2.59 bits per heavy atom. The van der Waals surface area contributed by atoms with Crippen molar-refractivity contribution in [3.63, 3.8) is 0 Å². The zero-order valence-corrected chi connectivity index (χ0v) is 15.9. The summed E-state index contributed by atoms with van der Waals surface area (Å²) in [6, 6.07) is 18.9. The van der Waals surface area contributed by atoms with Crippen LogP contribution in [-0.2, 0) is 11.3 Å². The third kappa shape index (κ3) is 4.18. The van der Waals surface area contributed by atoms with Gasteiger partial charge in [0.2, 0.25) is 5.91 Å². The molecule has 0 fully saturated rings. The molecule has 0 aliphatic carbocycles. The molecule has 7 heteroatoms. The standard InChI is InChI=1S/C20H19N5OS/c1-3-25-18(15-9-5-4-6-10-15)23-24-20(25)27-14(2)19(26)22-17-12-8-7-11-16(17)13-21/h4-12,14H,3H2,1-2H3,(H,22,26)/t14-/m1/s1. The van der Waals surface area contributed by atoms with Gasteiger partial charge in [-0.1, -0.05) is 54.2 Å². The van der Waals surface area contributed by atoms with E-state index in [1.807, 2.05) is 48.7 Å². The van der Waals surface area contributed by atoms with Crippen molar-refractivity contribution in [2.45, 2.75) is 30.8 Å². The van der Waals surface area contributed by atoms with Gasteiger partial charge in [0.1, 0.15) is 6.07 Å². The number of nitriles is 1. The van der Waals surface area contributed by atoms with Gasteiger partial charge < -0.3 is 9.88 Å². The number of nitrogens with zero attached hydrogens (tertiary/aromatic N) is 4. The third-order valence-corrected chi connectivity index (χ3v) is 5.10. The highest BCUT2D eigenvalue weighted by atomic mass is 32.2. The second-order valence-corrected chi connectivity index (χ2v) is 7.13. The van der Waals surface area contributed by atoms with Gasteiger partial charge in [0, 0.05) is 12.1 Å². The molecule has 0 aliphatic heterocycles. The van der Waals surface area contributed by atoms with E-state index in [1.165, 1.54) is 11.8 Å². The number of para-hydroxylation sites is 1. The smallest absolute Gasteiger partial charge is 0.237 e. The van der Waals surface area contributed by atoms with Crippen LogP contribution in [0.15, 0.2) is 59.8 Å². The zero-order chi connectivity index (χ0) is 19.2. The molecule has 1 aromatic heterocycles. The molecule has 0 radical (unpaired) electrons. The van der Waals surface area contributed by atoms with E-state index in [-0.39, 0.29) is 5.91 Å². The molecular formula is C20H19N5OS. The Hall–Kier alpha value is -3.11. The van der Waals surface area contributed by atoms with Crippen molar-refractivity contribution in [2.75, 3.05) is 5.32 Å². The SMILES string of the molecule is CCn1c(S[C@H](C)C(=O)Nc2ccccc2C#N)nnc1-c1ccccc1. The molecule has 6 nitrogen and oxygen atoms in total. The lowest BCUT2D eigenvalue weighted by molar-refractivity contribution is -0.115. The number of hydrogen-bond acceptors (Lipinski definition) is 5. The first-order valence-corrected chi connectivity index (χ1v) is 9.47. The van der Waals surface area contributed by atoms with Crippen LogP contribution >= 0.6 is 11.8 Å². The predicted molar refractivity (Wildman–Crippen MR) is 106 cm³/mol. The van der Waals surface area contributed by atoms with E-state index in [9.17, 15) is 4.79 Å². The molecule has 136 valence electrons. The molecule has 0 saturated carbocycles. The zero-order valence-electron chi connectivity index (χ0n) is 15.1. The highest BCUT2D eigenvalue weighted by Crippen LogP contribution is 2.27. The van der Waals surface area contributed by atoms with Crippen LogP contribution in [-0.4, -0.2) is 25.9 Å². The van der Waals surface area contributed by atoms with Gasteiger partial charge in [0.05, 0.1) is 16.5 Å². The molecule has 0 unspecified atom stereocenters. The number of aromatic nitrogens is 3. The molecule has 0 spiro atoms. The van der Waals surface area contributed by atoms with Crippen LogP contribution in [0.5, 0.6) is 0 Å². The van der Waals surface area contributed by atoms with Gasteiger partial charge in [-0.25, -0.2) is 0 Å². The summed E-state index contributed by atoms with van der Waals surface area (Å²) in [5.74, 6) is 0.595. The molecule has 27 heavy (non-hydrogen) atoms. The number of rotatable bonds is 6. The molecule has 1 amide bonds. The number of thioether (sulfide) groups is 1. The summed E-state index contributed by atoms with van der Waals surface area (Å²) in [5.41, 5.74) is 1.93. The highest BCUT2D eigenvalue weighted by molar-refractivity contribution is 8.00. The molecule has 1 atom stereocenters. The molecular weight excluding hydrogens is 358 g/mol. The summed E-state index contributed by atoms with van der Waals surface area (Å²) < 4.78 is 1.99. The maximum absolute atomic E-state index is 12.6. The first-order valence-electron chi connectivity index (χ1n) is 8.59. The van der Waals surface area contributed by atoms with E-state index in [0.29, 0.717) is 23.0 Å². The Morgan fingerprint density at radius 2 is 1.89 bits per heavy atom. The Labute approximate surface area is 162 Å². The van der Waals surface area contributed by atoms with Crippen molar-refractivity contribution in [1.82, 2.24) is 14.8 Å². The topological polar surface area (TPSA) is 83.6 Å². The fourth-order valence-corrected chi connectivity index (χ4v) is 3.51. The number of amides is 1. The lowest BCUT2D eigenvalue weighted by Gasteiger charge is -2.13. The normalized spacial score (nSPS) is 11.6. The van der Waals surface area contributed by atoms with E-state index in [4.69, 9.17) is 5.26 Å². The van der Waals surface area contributed by atoms with E-state index in [2.05, 4.69) is 21.6 Å². The lowest BCUT2D eigenvalue weighted by Crippen LogP contribution is -2.23. The molecule has 1 N–H and O–H groups in total. The number of anilines is 1. The summed E-state index contributed by atoms with van der Waals surface area (Å²) in [6.07, 6.45) is 0. The van der Waals surface area contributed by atoms with E-state index in [0.717, 1.165) is 11.4 Å². The maximum Gasteiger partial charge on any atom is 0.237 e. The van der Waals surface area contributed by atoms with Crippen molar-refractivity contribution in [3.05, 3.63) is 60.2 Å². The summed E-state index contributed by atoms with van der Waals surface area (Å²) in [6.45, 7) is 4.53. The van der Waals surface area contributed by atoms with Crippen molar-refractivity contribution in [3.8, 4) is 17.5 Å². The van der Waals surface area contributed by atoms with Gasteiger partial charge in [0.15, 0.2) is 11.0 Å². The highest BCUT2D eigenvalue weighted by Gasteiger charge is 2.21. The summed E-state index contributed by atoms with van der Waals surface area (Å²) in [5, 5.41) is 20.8. The van der Waals surface area contributed by atoms with Crippen LogP contribution in [0.2, 0.25) is 0 Å². The van der Waals surface area contributed by atoms with Gasteiger partial charge >= 0.3 is 0 Å². The lowest BCUT2D eigenvalue weighted by atomic mass is 10.2. The second-order valence-electron chi connectivity index (χ2n) is 5.82. The molecule has 3 rings (SSSR count). The van der Waals surface area contributed by atoms with E-state index in [1.54, 1.807) is 24.3 Å². The van der Waals surface area contributed by atoms with Crippen LogP contribution in [0.1, 0.15) is 19.4 Å². The number of nitrogens with one attached hydrogen (secondary N) is 1. The fourth-order valence-electron chi connectivity index (χ4n) is 2.60. The summed E-state index contributed by atoms with van der Waals surface area (Å²) in [7, 11) is 0. The number of carbonyl (C=O) groups excluding carboxylic acids is 1. The minimum Gasteiger partial charge on any atom is -0.324 e. The van der Waals surface area contributed by atoms with Crippen LogP contribution in [0.4, 0.5) is 5.69 Å². The summed E-state index contributed by atoms with van der Waals surface area (Å²) in [4.78, 5) is 12.6. The third-order valence-electron chi connectivity index (χ3n) is 4.02. The van der Waals surface area contributed by atoms with Crippen LogP contribution in [0.25, 0.3) is 11.4 Å². The maximum atomic E-state index is 12.6. The van der Waals surface area contributed by atoms with Gasteiger partial charge in [-0.05, 0) is 26.0 Å². The van der Waals surface area contributed by atoms with Crippen molar-refractivity contribution >= 4 is 23.4 Å². The van der Waals surface area contributed by atoms with Crippen LogP contribution < -0.4 is 5.32 Å². The van der Waals surface area contributed by atoms with Gasteiger partial charge in [-0.3, -0.25) is 4.79 Å². The minimum atomic E-state index is -0.394. The van der Waals surface area contributed by atoms with Gasteiger partial charge in [0.25, 0.3) is 0 Å². The quantitative estimate of drug-likeness (QED) is 0.658. The number of carbonyl (C=O) groups is 1. The molecule has 0 bridgehead atoms. The predicted octanol–water partition coefficient (Wildman–Crippen LogP) is 3.96. The Morgan fingerprint density at radius 1 is 1.19 bits per heavy atom. The first-order chi connectivity index (χ1) is 13.1. The average Bonchev–Trinajstić information content (AvgIpc) is 3.11. The molecule has 0 saturated heterocycles. The Bertz CT molecular complexity index is 978. The largest absolute Gasteiger partial charge is 0.324 e. The summed E-state index contributed by atoms with van der Waals surface area (Å²) >= 11 is 1.35. The Kier molecular flexibility index (Phi) is 5.89. The minimum absolute atomic E-state index is 0.186. The monoisotopic (exact) mass is 377 g/mol. The molecule has 0 aliphatic rings. The van der Waals surface area contributed by atoms with Crippen molar-refractivity contribution < 1.29 is 4.79 Å².